The van der Waals surface area contributed by atoms with Crippen LogP contribution in [0, 0.1) is 5.41 Å². The summed E-state index contributed by atoms with van der Waals surface area (Å²) in [6, 6.07) is 0.0219. The van der Waals surface area contributed by atoms with Crippen molar-refractivity contribution in [3.05, 3.63) is 0 Å². The monoisotopic (exact) mass is 243 g/mol. The van der Waals surface area contributed by atoms with Crippen LogP contribution in [0.15, 0.2) is 5.16 Å². The van der Waals surface area contributed by atoms with Crippen molar-refractivity contribution < 1.29 is 14.7 Å². The van der Waals surface area contributed by atoms with E-state index in [1.165, 1.54) is 0 Å². The van der Waals surface area contributed by atoms with E-state index in [1.807, 2.05) is 6.92 Å². The zero-order valence-corrected chi connectivity index (χ0v) is 10.4. The van der Waals surface area contributed by atoms with Gasteiger partial charge in [0, 0.05) is 6.61 Å². The van der Waals surface area contributed by atoms with Gasteiger partial charge in [-0.2, -0.15) is 0 Å². The largest absolute Gasteiger partial charge is 0.409 e. The molecule has 1 aliphatic rings. The molecule has 0 aromatic carbocycles. The Morgan fingerprint density at radius 2 is 2.41 bits per heavy atom. The molecule has 1 saturated heterocycles. The van der Waals surface area contributed by atoms with E-state index in [0.717, 1.165) is 19.4 Å². The summed E-state index contributed by atoms with van der Waals surface area (Å²) in [6.45, 7) is 4.77. The minimum absolute atomic E-state index is 0.0219. The number of rotatable bonds is 4. The SMILES string of the molecule is CCC(C)(C(=O)NC1CCCOC1)C(N)=NO. The first-order valence-corrected chi connectivity index (χ1v) is 5.91. The average Bonchev–Trinajstić information content (AvgIpc) is 2.37. The minimum atomic E-state index is -0.966. The number of oxime groups is 1. The van der Waals surface area contributed by atoms with Gasteiger partial charge in [-0.3, -0.25) is 4.79 Å². The second-order valence-corrected chi connectivity index (χ2v) is 4.56. The zero-order chi connectivity index (χ0) is 12.9. The Bertz CT molecular complexity index is 300. The second kappa shape index (κ2) is 5.86. The van der Waals surface area contributed by atoms with Crippen LogP contribution in [0.3, 0.4) is 0 Å². The number of carbonyl (C=O) groups excluding carboxylic acids is 1. The van der Waals surface area contributed by atoms with Gasteiger partial charge in [0.25, 0.3) is 0 Å². The van der Waals surface area contributed by atoms with Gasteiger partial charge in [0.15, 0.2) is 5.84 Å². The number of hydrogen-bond acceptors (Lipinski definition) is 4. The summed E-state index contributed by atoms with van der Waals surface area (Å²) >= 11 is 0. The van der Waals surface area contributed by atoms with Crippen LogP contribution in [-0.2, 0) is 9.53 Å². The molecule has 0 spiro atoms. The molecule has 0 aromatic heterocycles. The molecule has 1 heterocycles. The van der Waals surface area contributed by atoms with E-state index in [2.05, 4.69) is 10.5 Å². The van der Waals surface area contributed by atoms with Gasteiger partial charge < -0.3 is 21.0 Å². The number of amidine groups is 1. The molecule has 1 aliphatic heterocycles. The lowest BCUT2D eigenvalue weighted by atomic mass is 9.84. The normalized spacial score (nSPS) is 25.1. The van der Waals surface area contributed by atoms with Crippen molar-refractivity contribution >= 4 is 11.7 Å². The average molecular weight is 243 g/mol. The van der Waals surface area contributed by atoms with Gasteiger partial charge >= 0.3 is 0 Å². The Morgan fingerprint density at radius 1 is 1.71 bits per heavy atom. The fourth-order valence-corrected chi connectivity index (χ4v) is 1.77. The summed E-state index contributed by atoms with van der Waals surface area (Å²) in [5.41, 5.74) is 4.61. The van der Waals surface area contributed by atoms with Gasteiger partial charge in [0.05, 0.1) is 12.6 Å². The second-order valence-electron chi connectivity index (χ2n) is 4.56. The topological polar surface area (TPSA) is 96.9 Å². The summed E-state index contributed by atoms with van der Waals surface area (Å²) in [5, 5.41) is 14.6. The molecule has 17 heavy (non-hydrogen) atoms. The number of amides is 1. The standard InChI is InChI=1S/C11H21N3O3/c1-3-11(2,9(12)14-16)10(15)13-8-5-4-6-17-7-8/h8,16H,3-7H2,1-2H3,(H2,12,14)(H,13,15). The highest BCUT2D eigenvalue weighted by molar-refractivity contribution is 6.06. The molecule has 0 bridgehead atoms. The number of hydrogen-bond donors (Lipinski definition) is 3. The number of nitrogens with one attached hydrogen (secondary N) is 1. The molecule has 6 heteroatoms. The van der Waals surface area contributed by atoms with Gasteiger partial charge in [-0.15, -0.1) is 0 Å². The van der Waals surface area contributed by atoms with E-state index < -0.39 is 5.41 Å². The first kappa shape index (κ1) is 13.8. The van der Waals surface area contributed by atoms with Gasteiger partial charge in [0.2, 0.25) is 5.91 Å². The predicted molar refractivity (Wildman–Crippen MR) is 63.8 cm³/mol. The summed E-state index contributed by atoms with van der Waals surface area (Å²) < 4.78 is 5.29. The Kier molecular flexibility index (Phi) is 4.74. The molecule has 4 N–H and O–H groups in total. The van der Waals surface area contributed by atoms with Crippen molar-refractivity contribution in [2.75, 3.05) is 13.2 Å². The lowest BCUT2D eigenvalue weighted by Gasteiger charge is -2.30. The predicted octanol–water partition coefficient (Wildman–Crippen LogP) is 0.444. The van der Waals surface area contributed by atoms with Gasteiger partial charge in [-0.1, -0.05) is 12.1 Å². The van der Waals surface area contributed by atoms with E-state index in [0.29, 0.717) is 13.0 Å². The van der Waals surface area contributed by atoms with Crippen LogP contribution in [-0.4, -0.2) is 36.2 Å². The fourth-order valence-electron chi connectivity index (χ4n) is 1.77. The maximum absolute atomic E-state index is 12.1. The number of carbonyl (C=O) groups is 1. The summed E-state index contributed by atoms with van der Waals surface area (Å²) in [7, 11) is 0. The highest BCUT2D eigenvalue weighted by Crippen LogP contribution is 2.22. The highest BCUT2D eigenvalue weighted by Gasteiger charge is 2.37. The maximum atomic E-state index is 12.1. The molecule has 1 amide bonds. The Balaban J connectivity index is 2.66. The first-order valence-electron chi connectivity index (χ1n) is 5.91. The molecule has 1 fully saturated rings. The van der Waals surface area contributed by atoms with Crippen molar-refractivity contribution in [2.24, 2.45) is 16.3 Å². The molecule has 6 nitrogen and oxygen atoms in total. The summed E-state index contributed by atoms with van der Waals surface area (Å²) in [5.74, 6) is -0.278. The van der Waals surface area contributed by atoms with E-state index in [4.69, 9.17) is 15.7 Å². The van der Waals surface area contributed by atoms with Crippen molar-refractivity contribution in [2.45, 2.75) is 39.2 Å². The molecule has 2 atom stereocenters. The van der Waals surface area contributed by atoms with Crippen LogP contribution in [0.1, 0.15) is 33.1 Å². The van der Waals surface area contributed by atoms with Crippen LogP contribution < -0.4 is 11.1 Å². The molecule has 1 rings (SSSR count). The van der Waals surface area contributed by atoms with Crippen LogP contribution in [0.25, 0.3) is 0 Å². The molecular weight excluding hydrogens is 222 g/mol. The molecule has 98 valence electrons. The van der Waals surface area contributed by atoms with Crippen molar-refractivity contribution in [3.63, 3.8) is 0 Å². The Morgan fingerprint density at radius 3 is 2.88 bits per heavy atom. The van der Waals surface area contributed by atoms with Crippen molar-refractivity contribution in [1.82, 2.24) is 5.32 Å². The Hall–Kier alpha value is -1.30. The third kappa shape index (κ3) is 3.09. The van der Waals surface area contributed by atoms with E-state index in [1.54, 1.807) is 6.92 Å². The first-order chi connectivity index (χ1) is 8.04. The third-order valence-electron chi connectivity index (χ3n) is 3.38. The van der Waals surface area contributed by atoms with E-state index >= 15 is 0 Å². The minimum Gasteiger partial charge on any atom is -0.409 e. The number of nitrogens with two attached hydrogens (primary N) is 1. The van der Waals surface area contributed by atoms with Crippen LogP contribution in [0.4, 0.5) is 0 Å². The number of ether oxygens (including phenoxy) is 1. The van der Waals surface area contributed by atoms with Gasteiger partial charge in [0.1, 0.15) is 5.41 Å². The lowest BCUT2D eigenvalue weighted by Crippen LogP contribution is -2.52. The molecule has 2 unspecified atom stereocenters. The molecule has 0 aliphatic carbocycles. The van der Waals surface area contributed by atoms with Crippen molar-refractivity contribution in [3.8, 4) is 0 Å². The van der Waals surface area contributed by atoms with Crippen LogP contribution in [0.2, 0.25) is 0 Å². The molecular formula is C11H21N3O3. The van der Waals surface area contributed by atoms with E-state index in [-0.39, 0.29) is 17.8 Å². The summed E-state index contributed by atoms with van der Waals surface area (Å²) in [4.78, 5) is 12.1. The lowest BCUT2D eigenvalue weighted by molar-refractivity contribution is -0.128. The van der Waals surface area contributed by atoms with Crippen LogP contribution in [0.5, 0.6) is 0 Å². The van der Waals surface area contributed by atoms with Gasteiger partial charge in [-0.25, -0.2) is 0 Å². The smallest absolute Gasteiger partial charge is 0.233 e. The fraction of sp³-hybridized carbons (Fsp3) is 0.818. The third-order valence-corrected chi connectivity index (χ3v) is 3.38. The van der Waals surface area contributed by atoms with E-state index in [9.17, 15) is 4.79 Å². The van der Waals surface area contributed by atoms with Crippen molar-refractivity contribution in [1.29, 1.82) is 0 Å². The molecule has 0 aromatic rings. The highest BCUT2D eigenvalue weighted by atomic mass is 16.5. The van der Waals surface area contributed by atoms with Gasteiger partial charge in [-0.05, 0) is 26.2 Å². The quantitative estimate of drug-likeness (QED) is 0.289. The number of nitrogens with zero attached hydrogens (tertiary/aromatic N) is 1. The zero-order valence-electron chi connectivity index (χ0n) is 10.4. The molecule has 0 radical (unpaired) electrons. The summed E-state index contributed by atoms with van der Waals surface area (Å²) in [6.07, 6.45) is 2.32. The Labute approximate surface area is 101 Å². The maximum Gasteiger partial charge on any atom is 0.233 e. The van der Waals surface area contributed by atoms with Crippen LogP contribution >= 0.6 is 0 Å². The molecule has 0 saturated carbocycles.